The number of carbonyl (C=O) groups is 1. The van der Waals surface area contributed by atoms with Crippen molar-refractivity contribution in [3.05, 3.63) is 0 Å². The third-order valence-electron chi connectivity index (χ3n) is 2.98. The lowest BCUT2D eigenvalue weighted by Gasteiger charge is -2.43. The minimum atomic E-state index is -0.565. The third-order valence-corrected chi connectivity index (χ3v) is 2.98. The van der Waals surface area contributed by atoms with E-state index in [1.54, 1.807) is 0 Å². The summed E-state index contributed by atoms with van der Waals surface area (Å²) in [5.74, 6) is 0. The van der Waals surface area contributed by atoms with Crippen LogP contribution in [0.15, 0.2) is 0 Å². The van der Waals surface area contributed by atoms with Crippen molar-refractivity contribution < 1.29 is 14.6 Å². The van der Waals surface area contributed by atoms with Crippen LogP contribution in [0.5, 0.6) is 0 Å². The molecule has 1 unspecified atom stereocenters. The van der Waals surface area contributed by atoms with Gasteiger partial charge in [0.25, 0.3) is 0 Å². The molecule has 0 aliphatic heterocycles. The summed E-state index contributed by atoms with van der Waals surface area (Å²) in [4.78, 5) is 11.7. The zero-order valence-electron chi connectivity index (χ0n) is 11.0. The molecule has 1 fully saturated rings. The van der Waals surface area contributed by atoms with Crippen molar-refractivity contribution in [1.29, 1.82) is 0 Å². The van der Waals surface area contributed by atoms with Crippen LogP contribution in [-0.4, -0.2) is 35.0 Å². The van der Waals surface area contributed by atoms with E-state index in [1.807, 2.05) is 20.8 Å². The maximum atomic E-state index is 11.7. The molecule has 0 radical (unpaired) electrons. The highest BCUT2D eigenvalue weighted by molar-refractivity contribution is 5.69. The van der Waals surface area contributed by atoms with Crippen LogP contribution in [0, 0.1) is 0 Å². The van der Waals surface area contributed by atoms with Crippen molar-refractivity contribution in [3.8, 4) is 0 Å². The SMILES string of the molecule is CC(C)(C)OC(=O)NC1(CC(O)CN)CCC1. The molecule has 1 aliphatic rings. The van der Waals surface area contributed by atoms with E-state index in [4.69, 9.17) is 10.5 Å². The summed E-state index contributed by atoms with van der Waals surface area (Å²) in [5.41, 5.74) is 4.58. The molecule has 1 amide bonds. The number of aliphatic hydroxyl groups excluding tert-OH is 1. The van der Waals surface area contributed by atoms with E-state index in [9.17, 15) is 9.90 Å². The maximum Gasteiger partial charge on any atom is 0.408 e. The number of alkyl carbamates (subject to hydrolysis) is 1. The van der Waals surface area contributed by atoms with Crippen LogP contribution < -0.4 is 11.1 Å². The molecule has 5 nitrogen and oxygen atoms in total. The summed E-state index contributed by atoms with van der Waals surface area (Å²) < 4.78 is 5.22. The number of ether oxygens (including phenoxy) is 1. The Bertz CT molecular complexity index is 269. The summed E-state index contributed by atoms with van der Waals surface area (Å²) in [6.07, 6.45) is 2.34. The molecule has 0 bridgehead atoms. The van der Waals surface area contributed by atoms with Crippen LogP contribution in [0.2, 0.25) is 0 Å². The number of nitrogens with one attached hydrogen (secondary N) is 1. The molecule has 0 spiro atoms. The predicted octanol–water partition coefficient (Wildman–Crippen LogP) is 1.14. The monoisotopic (exact) mass is 244 g/mol. The first-order valence-electron chi connectivity index (χ1n) is 6.16. The van der Waals surface area contributed by atoms with Gasteiger partial charge in [-0.2, -0.15) is 0 Å². The van der Waals surface area contributed by atoms with Crippen molar-refractivity contribution in [2.75, 3.05) is 6.54 Å². The molecule has 5 heteroatoms. The first-order valence-corrected chi connectivity index (χ1v) is 6.16. The third kappa shape index (κ3) is 4.52. The molecule has 1 aliphatic carbocycles. The molecule has 0 aromatic carbocycles. The van der Waals surface area contributed by atoms with Gasteiger partial charge in [0, 0.05) is 12.1 Å². The average molecular weight is 244 g/mol. The molecular formula is C12H24N2O3. The molecule has 1 rings (SSSR count). The lowest BCUT2D eigenvalue weighted by atomic mass is 9.73. The normalized spacial score (nSPS) is 20.3. The smallest absolute Gasteiger partial charge is 0.408 e. The van der Waals surface area contributed by atoms with Crippen LogP contribution >= 0.6 is 0 Å². The van der Waals surface area contributed by atoms with Gasteiger partial charge in [0.2, 0.25) is 0 Å². The fourth-order valence-corrected chi connectivity index (χ4v) is 2.04. The lowest BCUT2D eigenvalue weighted by molar-refractivity contribution is 0.0276. The Morgan fingerprint density at radius 2 is 2.12 bits per heavy atom. The Morgan fingerprint density at radius 3 is 2.47 bits per heavy atom. The van der Waals surface area contributed by atoms with Gasteiger partial charge in [-0.1, -0.05) is 0 Å². The summed E-state index contributed by atoms with van der Waals surface area (Å²) in [5, 5.41) is 12.5. The van der Waals surface area contributed by atoms with E-state index in [2.05, 4.69) is 5.32 Å². The van der Waals surface area contributed by atoms with Gasteiger partial charge in [-0.05, 0) is 46.5 Å². The highest BCUT2D eigenvalue weighted by atomic mass is 16.6. The molecule has 0 aromatic rings. The van der Waals surface area contributed by atoms with Crippen LogP contribution in [-0.2, 0) is 4.74 Å². The predicted molar refractivity (Wildman–Crippen MR) is 65.6 cm³/mol. The van der Waals surface area contributed by atoms with E-state index in [0.717, 1.165) is 19.3 Å². The van der Waals surface area contributed by atoms with Crippen molar-refractivity contribution in [2.45, 2.75) is 63.7 Å². The van der Waals surface area contributed by atoms with Gasteiger partial charge in [0.05, 0.1) is 6.10 Å². The molecule has 1 atom stereocenters. The highest BCUT2D eigenvalue weighted by Crippen LogP contribution is 2.36. The van der Waals surface area contributed by atoms with Gasteiger partial charge in [-0.15, -0.1) is 0 Å². The largest absolute Gasteiger partial charge is 0.444 e. The van der Waals surface area contributed by atoms with Crippen LogP contribution in [0.4, 0.5) is 4.79 Å². The van der Waals surface area contributed by atoms with Gasteiger partial charge in [0.15, 0.2) is 0 Å². The Labute approximate surface area is 103 Å². The van der Waals surface area contributed by atoms with Crippen molar-refractivity contribution in [1.82, 2.24) is 5.32 Å². The second kappa shape index (κ2) is 5.23. The molecule has 17 heavy (non-hydrogen) atoms. The molecule has 0 heterocycles. The first-order chi connectivity index (χ1) is 7.76. The quantitative estimate of drug-likeness (QED) is 0.692. The summed E-state index contributed by atoms with van der Waals surface area (Å²) in [6.45, 7) is 5.70. The lowest BCUT2D eigenvalue weighted by Crippen LogP contribution is -2.56. The molecule has 4 N–H and O–H groups in total. The number of carbonyl (C=O) groups excluding carboxylic acids is 1. The van der Waals surface area contributed by atoms with Gasteiger partial charge in [-0.3, -0.25) is 0 Å². The standard InChI is InChI=1S/C12H24N2O3/c1-11(2,3)17-10(16)14-12(5-4-6-12)7-9(15)8-13/h9,15H,4-8,13H2,1-3H3,(H,14,16). The number of hydrogen-bond acceptors (Lipinski definition) is 4. The second-order valence-corrected chi connectivity index (χ2v) is 5.85. The van der Waals surface area contributed by atoms with E-state index >= 15 is 0 Å². The van der Waals surface area contributed by atoms with E-state index in [1.165, 1.54) is 0 Å². The Kier molecular flexibility index (Phi) is 4.38. The minimum Gasteiger partial charge on any atom is -0.444 e. The summed E-state index contributed by atoms with van der Waals surface area (Å²) >= 11 is 0. The number of nitrogens with two attached hydrogens (primary N) is 1. The Morgan fingerprint density at radius 1 is 1.53 bits per heavy atom. The van der Waals surface area contributed by atoms with E-state index in [-0.39, 0.29) is 12.1 Å². The topological polar surface area (TPSA) is 84.6 Å². The Hall–Kier alpha value is -0.810. The molecule has 0 aromatic heterocycles. The first kappa shape index (κ1) is 14.3. The zero-order chi connectivity index (χ0) is 13.1. The van der Waals surface area contributed by atoms with E-state index in [0.29, 0.717) is 6.42 Å². The van der Waals surface area contributed by atoms with Gasteiger partial charge in [0.1, 0.15) is 5.60 Å². The van der Waals surface area contributed by atoms with Crippen LogP contribution in [0.3, 0.4) is 0 Å². The van der Waals surface area contributed by atoms with Crippen LogP contribution in [0.25, 0.3) is 0 Å². The maximum absolute atomic E-state index is 11.7. The average Bonchev–Trinajstić information content (AvgIpc) is 2.10. The fourth-order valence-electron chi connectivity index (χ4n) is 2.04. The van der Waals surface area contributed by atoms with Gasteiger partial charge in [-0.25, -0.2) is 4.79 Å². The zero-order valence-corrected chi connectivity index (χ0v) is 11.0. The number of hydrogen-bond donors (Lipinski definition) is 3. The molecular weight excluding hydrogens is 220 g/mol. The van der Waals surface area contributed by atoms with E-state index < -0.39 is 17.8 Å². The fraction of sp³-hybridized carbons (Fsp3) is 0.917. The van der Waals surface area contributed by atoms with Gasteiger partial charge >= 0.3 is 6.09 Å². The Balaban J connectivity index is 2.49. The highest BCUT2D eigenvalue weighted by Gasteiger charge is 2.40. The summed E-state index contributed by atoms with van der Waals surface area (Å²) in [6, 6.07) is 0. The molecule has 100 valence electrons. The molecule has 0 saturated heterocycles. The second-order valence-electron chi connectivity index (χ2n) is 5.85. The number of rotatable bonds is 4. The number of amides is 1. The minimum absolute atomic E-state index is 0.220. The molecule has 1 saturated carbocycles. The summed E-state index contributed by atoms with van der Waals surface area (Å²) in [7, 11) is 0. The van der Waals surface area contributed by atoms with Crippen molar-refractivity contribution in [2.24, 2.45) is 5.73 Å². The van der Waals surface area contributed by atoms with Crippen molar-refractivity contribution in [3.63, 3.8) is 0 Å². The number of aliphatic hydroxyl groups is 1. The van der Waals surface area contributed by atoms with Crippen molar-refractivity contribution >= 4 is 6.09 Å². The van der Waals surface area contributed by atoms with Gasteiger partial charge < -0.3 is 20.9 Å². The van der Waals surface area contributed by atoms with Crippen LogP contribution in [0.1, 0.15) is 46.5 Å².